The zero-order valence-corrected chi connectivity index (χ0v) is 15.0. The first-order chi connectivity index (χ1) is 12.0. The van der Waals surface area contributed by atoms with Crippen LogP contribution >= 0.6 is 0 Å². The first kappa shape index (κ1) is 16.5. The lowest BCUT2D eigenvalue weighted by Gasteiger charge is -2.35. The van der Waals surface area contributed by atoms with Crippen LogP contribution in [0.1, 0.15) is 64.8 Å². The highest BCUT2D eigenvalue weighted by atomic mass is 16.5. The van der Waals surface area contributed by atoms with Crippen LogP contribution in [0.4, 0.5) is 5.95 Å². The van der Waals surface area contributed by atoms with E-state index in [0.29, 0.717) is 18.4 Å². The van der Waals surface area contributed by atoms with E-state index in [1.807, 2.05) is 12.1 Å². The zero-order valence-electron chi connectivity index (χ0n) is 15.0. The van der Waals surface area contributed by atoms with E-state index in [2.05, 4.69) is 33.7 Å². The number of nitrogens with zero attached hydrogens (tertiary/aromatic N) is 3. The van der Waals surface area contributed by atoms with Gasteiger partial charge >= 0.3 is 0 Å². The molecule has 25 heavy (non-hydrogen) atoms. The molecule has 2 fully saturated rings. The normalized spacial score (nSPS) is 23.4. The third-order valence-electron chi connectivity index (χ3n) is 5.34. The second-order valence-corrected chi connectivity index (χ2v) is 7.88. The molecule has 0 radical (unpaired) electrons. The SMILES string of the molecule is CC1(C)CCC[C@H](CC(=O)Nc2nc3cccnc3n2C2CCC2)O1. The molecule has 2 aromatic rings. The molecular formula is C19H26N4O2. The minimum Gasteiger partial charge on any atom is -0.372 e. The van der Waals surface area contributed by atoms with Crippen molar-refractivity contribution in [2.24, 2.45) is 0 Å². The van der Waals surface area contributed by atoms with Gasteiger partial charge in [-0.2, -0.15) is 0 Å². The average molecular weight is 342 g/mol. The van der Waals surface area contributed by atoms with Crippen molar-refractivity contribution in [2.75, 3.05) is 5.32 Å². The number of rotatable bonds is 4. The van der Waals surface area contributed by atoms with Gasteiger partial charge < -0.3 is 4.74 Å². The summed E-state index contributed by atoms with van der Waals surface area (Å²) in [4.78, 5) is 21.7. The predicted molar refractivity (Wildman–Crippen MR) is 96.5 cm³/mol. The lowest BCUT2D eigenvalue weighted by molar-refractivity contribution is -0.131. The summed E-state index contributed by atoms with van der Waals surface area (Å²) < 4.78 is 8.15. The van der Waals surface area contributed by atoms with Gasteiger partial charge in [0.25, 0.3) is 0 Å². The maximum absolute atomic E-state index is 12.6. The van der Waals surface area contributed by atoms with Crippen molar-refractivity contribution in [3.63, 3.8) is 0 Å². The summed E-state index contributed by atoms with van der Waals surface area (Å²) in [6.45, 7) is 4.19. The number of hydrogen-bond acceptors (Lipinski definition) is 4. The largest absolute Gasteiger partial charge is 0.372 e. The summed E-state index contributed by atoms with van der Waals surface area (Å²) >= 11 is 0. The van der Waals surface area contributed by atoms with E-state index in [-0.39, 0.29) is 17.6 Å². The molecule has 6 heteroatoms. The standard InChI is InChI=1S/C19H26N4O2/c1-19(2)10-4-8-14(25-19)12-16(24)22-18-21-15-9-5-11-20-17(15)23(18)13-6-3-7-13/h5,9,11,13-14H,3-4,6-8,10,12H2,1-2H3,(H,21,22,24)/t14-/m1/s1. The Hall–Kier alpha value is -1.95. The lowest BCUT2D eigenvalue weighted by Crippen LogP contribution is -2.37. The minimum atomic E-state index is -0.133. The number of ether oxygens (including phenoxy) is 1. The van der Waals surface area contributed by atoms with E-state index in [4.69, 9.17) is 4.74 Å². The van der Waals surface area contributed by atoms with Crippen LogP contribution < -0.4 is 5.32 Å². The van der Waals surface area contributed by atoms with Gasteiger partial charge in [0.2, 0.25) is 11.9 Å². The Balaban J connectivity index is 1.51. The topological polar surface area (TPSA) is 69.0 Å². The number of carbonyl (C=O) groups excluding carboxylic acids is 1. The van der Waals surface area contributed by atoms with Crippen LogP contribution in [-0.4, -0.2) is 32.1 Å². The summed E-state index contributed by atoms with van der Waals surface area (Å²) in [6.07, 6.45) is 8.70. The highest BCUT2D eigenvalue weighted by Gasteiger charge is 2.31. The fraction of sp³-hybridized carbons (Fsp3) is 0.632. The van der Waals surface area contributed by atoms with Crippen molar-refractivity contribution in [1.29, 1.82) is 0 Å². The first-order valence-corrected chi connectivity index (χ1v) is 9.32. The Kier molecular flexibility index (Phi) is 4.23. The molecule has 0 spiro atoms. The van der Waals surface area contributed by atoms with Crippen LogP contribution in [0, 0.1) is 0 Å². The van der Waals surface area contributed by atoms with Gasteiger partial charge in [-0.3, -0.25) is 14.7 Å². The molecule has 0 bridgehead atoms. The number of pyridine rings is 1. The van der Waals surface area contributed by atoms with Gasteiger partial charge in [-0.05, 0) is 64.5 Å². The van der Waals surface area contributed by atoms with Crippen molar-refractivity contribution < 1.29 is 9.53 Å². The molecule has 1 saturated heterocycles. The molecule has 2 aliphatic rings. The number of fused-ring (bicyclic) bond motifs is 1. The van der Waals surface area contributed by atoms with Crippen molar-refractivity contribution >= 4 is 23.0 Å². The second-order valence-electron chi connectivity index (χ2n) is 7.88. The van der Waals surface area contributed by atoms with E-state index in [1.54, 1.807) is 6.20 Å². The summed E-state index contributed by atoms with van der Waals surface area (Å²) in [5.74, 6) is 0.594. The maximum atomic E-state index is 12.6. The van der Waals surface area contributed by atoms with Crippen LogP contribution in [-0.2, 0) is 9.53 Å². The molecule has 3 heterocycles. The Morgan fingerprint density at radius 3 is 2.92 bits per heavy atom. The van der Waals surface area contributed by atoms with Crippen molar-refractivity contribution in [3.8, 4) is 0 Å². The third-order valence-corrected chi connectivity index (χ3v) is 5.34. The quantitative estimate of drug-likeness (QED) is 0.917. The number of anilines is 1. The lowest BCUT2D eigenvalue weighted by atomic mass is 9.93. The van der Waals surface area contributed by atoms with Crippen molar-refractivity contribution in [1.82, 2.24) is 14.5 Å². The molecule has 2 aromatic heterocycles. The van der Waals surface area contributed by atoms with E-state index in [9.17, 15) is 4.79 Å². The summed E-state index contributed by atoms with van der Waals surface area (Å²) in [5, 5.41) is 3.02. The molecule has 1 amide bonds. The molecular weight excluding hydrogens is 316 g/mol. The van der Waals surface area contributed by atoms with Gasteiger partial charge in [-0.25, -0.2) is 9.97 Å². The molecule has 4 rings (SSSR count). The molecule has 1 aliphatic heterocycles. The smallest absolute Gasteiger partial charge is 0.229 e. The van der Waals surface area contributed by atoms with Crippen LogP contribution in [0.2, 0.25) is 0 Å². The Morgan fingerprint density at radius 2 is 2.20 bits per heavy atom. The van der Waals surface area contributed by atoms with Gasteiger partial charge in [0.15, 0.2) is 5.65 Å². The van der Waals surface area contributed by atoms with E-state index < -0.39 is 0 Å². The summed E-state index contributed by atoms with van der Waals surface area (Å²) in [6, 6.07) is 4.21. The van der Waals surface area contributed by atoms with Crippen LogP contribution in [0.25, 0.3) is 11.2 Å². The summed E-state index contributed by atoms with van der Waals surface area (Å²) in [7, 11) is 0. The highest BCUT2D eigenvalue weighted by Crippen LogP contribution is 2.36. The number of imidazole rings is 1. The van der Waals surface area contributed by atoms with Crippen molar-refractivity contribution in [3.05, 3.63) is 18.3 Å². The Bertz CT molecular complexity index is 779. The van der Waals surface area contributed by atoms with Gasteiger partial charge in [0.1, 0.15) is 5.52 Å². The molecule has 0 unspecified atom stereocenters. The Morgan fingerprint density at radius 1 is 1.36 bits per heavy atom. The molecule has 134 valence electrons. The summed E-state index contributed by atoms with van der Waals surface area (Å²) in [5.41, 5.74) is 1.56. The Labute approximate surface area is 148 Å². The fourth-order valence-corrected chi connectivity index (χ4v) is 3.86. The van der Waals surface area contributed by atoms with Gasteiger partial charge in [0.05, 0.1) is 18.1 Å². The van der Waals surface area contributed by atoms with E-state index in [1.165, 1.54) is 6.42 Å². The first-order valence-electron chi connectivity index (χ1n) is 9.32. The molecule has 0 aromatic carbocycles. The van der Waals surface area contributed by atoms with E-state index in [0.717, 1.165) is 43.3 Å². The van der Waals surface area contributed by atoms with Gasteiger partial charge in [-0.1, -0.05) is 0 Å². The number of nitrogens with one attached hydrogen (secondary N) is 1. The minimum absolute atomic E-state index is 0.0107. The predicted octanol–water partition coefficient (Wildman–Crippen LogP) is 3.83. The highest BCUT2D eigenvalue weighted by molar-refractivity contribution is 5.91. The second kappa shape index (κ2) is 6.41. The number of hydrogen-bond donors (Lipinski definition) is 1. The molecule has 1 atom stereocenters. The zero-order chi connectivity index (χ0) is 17.4. The number of aromatic nitrogens is 3. The monoisotopic (exact) mass is 342 g/mol. The average Bonchev–Trinajstić information content (AvgIpc) is 2.83. The fourth-order valence-electron chi connectivity index (χ4n) is 3.86. The number of amides is 1. The van der Waals surface area contributed by atoms with Gasteiger partial charge in [0, 0.05) is 12.2 Å². The number of carbonyl (C=O) groups is 1. The molecule has 1 saturated carbocycles. The molecule has 1 N–H and O–H groups in total. The van der Waals surface area contributed by atoms with E-state index >= 15 is 0 Å². The molecule has 6 nitrogen and oxygen atoms in total. The van der Waals surface area contributed by atoms with Crippen LogP contribution in [0.5, 0.6) is 0 Å². The molecule has 1 aliphatic carbocycles. The third kappa shape index (κ3) is 3.40. The van der Waals surface area contributed by atoms with Crippen LogP contribution in [0.15, 0.2) is 18.3 Å². The van der Waals surface area contributed by atoms with Gasteiger partial charge in [-0.15, -0.1) is 0 Å². The maximum Gasteiger partial charge on any atom is 0.229 e. The van der Waals surface area contributed by atoms with Crippen LogP contribution in [0.3, 0.4) is 0 Å². The van der Waals surface area contributed by atoms with Crippen molar-refractivity contribution in [2.45, 2.75) is 76.5 Å².